The first-order valence-corrected chi connectivity index (χ1v) is 6.64. The van der Waals surface area contributed by atoms with E-state index in [0.29, 0.717) is 12.2 Å². The average Bonchev–Trinajstić information content (AvgIpc) is 2.69. The zero-order chi connectivity index (χ0) is 14.9. The molecule has 0 spiro atoms. The van der Waals surface area contributed by atoms with Crippen LogP contribution in [0.4, 0.5) is 10.1 Å². The van der Waals surface area contributed by atoms with Crippen LogP contribution in [0.3, 0.4) is 0 Å². The van der Waals surface area contributed by atoms with Crippen LogP contribution in [0.5, 0.6) is 0 Å². The highest BCUT2D eigenvalue weighted by Crippen LogP contribution is 2.23. The predicted octanol–water partition coefficient (Wildman–Crippen LogP) is 2.09. The van der Waals surface area contributed by atoms with E-state index in [-0.39, 0.29) is 30.1 Å². The summed E-state index contributed by atoms with van der Waals surface area (Å²) >= 11 is 0. The molecule has 1 aliphatic heterocycles. The molecule has 108 valence electrons. The lowest BCUT2D eigenvalue weighted by Gasteiger charge is -2.21. The molecule has 1 fully saturated rings. The summed E-state index contributed by atoms with van der Waals surface area (Å²) in [5.41, 5.74) is 0.0393. The van der Waals surface area contributed by atoms with Gasteiger partial charge in [0.2, 0.25) is 11.8 Å². The Bertz CT molecular complexity index is 537. The molecule has 1 N–H and O–H groups in total. The van der Waals surface area contributed by atoms with Gasteiger partial charge in [0.25, 0.3) is 0 Å². The SMILES string of the molecule is CC(C)(C)C(=O)N[C@H]1CC(=O)N(c2cccc(F)c2)C1. The van der Waals surface area contributed by atoms with Crippen LogP contribution in [0.2, 0.25) is 0 Å². The molecular weight excluding hydrogens is 259 g/mol. The van der Waals surface area contributed by atoms with Gasteiger partial charge in [0.05, 0.1) is 6.04 Å². The minimum atomic E-state index is -0.491. The van der Waals surface area contributed by atoms with Gasteiger partial charge in [-0.15, -0.1) is 0 Å². The van der Waals surface area contributed by atoms with Crippen molar-refractivity contribution in [1.82, 2.24) is 5.32 Å². The second kappa shape index (κ2) is 5.23. The molecule has 5 heteroatoms. The largest absolute Gasteiger partial charge is 0.351 e. The minimum absolute atomic E-state index is 0.0867. The summed E-state index contributed by atoms with van der Waals surface area (Å²) in [6.07, 6.45) is 0.248. The van der Waals surface area contributed by atoms with Gasteiger partial charge in [-0.25, -0.2) is 4.39 Å². The number of hydrogen-bond acceptors (Lipinski definition) is 2. The molecule has 1 heterocycles. The molecule has 2 rings (SSSR count). The number of nitrogens with one attached hydrogen (secondary N) is 1. The number of hydrogen-bond donors (Lipinski definition) is 1. The molecule has 0 unspecified atom stereocenters. The Balaban J connectivity index is 2.06. The van der Waals surface area contributed by atoms with Crippen LogP contribution in [-0.2, 0) is 9.59 Å². The number of amides is 2. The molecule has 0 saturated carbocycles. The summed E-state index contributed by atoms with van der Waals surface area (Å²) in [6, 6.07) is 5.69. The third kappa shape index (κ3) is 3.15. The number of anilines is 1. The van der Waals surface area contributed by atoms with Crippen LogP contribution in [0.15, 0.2) is 24.3 Å². The van der Waals surface area contributed by atoms with Crippen LogP contribution in [0.1, 0.15) is 27.2 Å². The van der Waals surface area contributed by atoms with Crippen LogP contribution in [-0.4, -0.2) is 24.4 Å². The molecule has 0 aromatic heterocycles. The van der Waals surface area contributed by atoms with E-state index < -0.39 is 5.41 Å². The number of carbonyl (C=O) groups excluding carboxylic acids is 2. The summed E-state index contributed by atoms with van der Waals surface area (Å²) in [7, 11) is 0. The van der Waals surface area contributed by atoms with E-state index in [1.54, 1.807) is 12.1 Å². The van der Waals surface area contributed by atoms with E-state index >= 15 is 0 Å². The van der Waals surface area contributed by atoms with Crippen LogP contribution in [0, 0.1) is 11.2 Å². The van der Waals surface area contributed by atoms with Gasteiger partial charge in [-0.1, -0.05) is 26.8 Å². The maximum absolute atomic E-state index is 13.2. The first kappa shape index (κ1) is 14.5. The Kier molecular flexibility index (Phi) is 3.79. The van der Waals surface area contributed by atoms with Crippen molar-refractivity contribution >= 4 is 17.5 Å². The highest BCUT2D eigenvalue weighted by Gasteiger charge is 2.33. The van der Waals surface area contributed by atoms with Gasteiger partial charge in [-0.3, -0.25) is 9.59 Å². The van der Waals surface area contributed by atoms with Crippen molar-refractivity contribution in [3.63, 3.8) is 0 Å². The highest BCUT2D eigenvalue weighted by molar-refractivity contribution is 5.97. The lowest BCUT2D eigenvalue weighted by molar-refractivity contribution is -0.129. The number of benzene rings is 1. The van der Waals surface area contributed by atoms with Gasteiger partial charge in [0.1, 0.15) is 5.82 Å². The van der Waals surface area contributed by atoms with Crippen LogP contribution < -0.4 is 10.2 Å². The smallest absolute Gasteiger partial charge is 0.229 e. The summed E-state index contributed by atoms with van der Waals surface area (Å²) in [5.74, 6) is -0.566. The number of nitrogens with zero attached hydrogens (tertiary/aromatic N) is 1. The monoisotopic (exact) mass is 278 g/mol. The highest BCUT2D eigenvalue weighted by atomic mass is 19.1. The maximum Gasteiger partial charge on any atom is 0.229 e. The molecule has 1 atom stereocenters. The van der Waals surface area contributed by atoms with Crippen molar-refractivity contribution in [3.8, 4) is 0 Å². The number of rotatable bonds is 2. The van der Waals surface area contributed by atoms with Crippen molar-refractivity contribution in [2.24, 2.45) is 5.41 Å². The Hall–Kier alpha value is -1.91. The molecule has 1 aliphatic rings. The van der Waals surface area contributed by atoms with Gasteiger partial charge in [0, 0.05) is 24.1 Å². The van der Waals surface area contributed by atoms with E-state index in [9.17, 15) is 14.0 Å². The minimum Gasteiger partial charge on any atom is -0.351 e. The average molecular weight is 278 g/mol. The Morgan fingerprint density at radius 2 is 2.10 bits per heavy atom. The molecule has 4 nitrogen and oxygen atoms in total. The summed E-state index contributed by atoms with van der Waals surface area (Å²) < 4.78 is 13.2. The van der Waals surface area contributed by atoms with Crippen molar-refractivity contribution in [2.45, 2.75) is 33.2 Å². The van der Waals surface area contributed by atoms with Crippen LogP contribution >= 0.6 is 0 Å². The topological polar surface area (TPSA) is 49.4 Å². The van der Waals surface area contributed by atoms with Crippen LogP contribution in [0.25, 0.3) is 0 Å². The molecule has 0 radical (unpaired) electrons. The lowest BCUT2D eigenvalue weighted by Crippen LogP contribution is -2.43. The van der Waals surface area contributed by atoms with E-state index in [1.165, 1.54) is 17.0 Å². The third-order valence-corrected chi connectivity index (χ3v) is 3.26. The summed E-state index contributed by atoms with van der Waals surface area (Å²) in [4.78, 5) is 25.4. The Labute approximate surface area is 118 Å². The molecular formula is C15H19FN2O2. The summed E-state index contributed by atoms with van der Waals surface area (Å²) in [5, 5.41) is 2.87. The van der Waals surface area contributed by atoms with E-state index in [2.05, 4.69) is 5.32 Å². The fraction of sp³-hybridized carbons (Fsp3) is 0.467. The second-order valence-electron chi connectivity index (χ2n) is 6.11. The zero-order valence-electron chi connectivity index (χ0n) is 11.9. The van der Waals surface area contributed by atoms with E-state index in [4.69, 9.17) is 0 Å². The fourth-order valence-electron chi connectivity index (χ4n) is 2.10. The van der Waals surface area contributed by atoms with Gasteiger partial charge in [-0.05, 0) is 18.2 Å². The van der Waals surface area contributed by atoms with E-state index in [1.807, 2.05) is 20.8 Å². The van der Waals surface area contributed by atoms with Gasteiger partial charge in [0.15, 0.2) is 0 Å². The van der Waals surface area contributed by atoms with Crippen molar-refractivity contribution in [1.29, 1.82) is 0 Å². The van der Waals surface area contributed by atoms with Gasteiger partial charge >= 0.3 is 0 Å². The fourth-order valence-corrected chi connectivity index (χ4v) is 2.10. The molecule has 1 aromatic carbocycles. The maximum atomic E-state index is 13.2. The quantitative estimate of drug-likeness (QED) is 0.900. The molecule has 0 aliphatic carbocycles. The predicted molar refractivity (Wildman–Crippen MR) is 74.8 cm³/mol. The standard InChI is InChI=1S/C15H19FN2O2/c1-15(2,3)14(20)17-11-8-13(19)18(9-11)12-6-4-5-10(16)7-12/h4-7,11H,8-9H2,1-3H3,(H,17,20)/t11-/m0/s1. The molecule has 0 bridgehead atoms. The second-order valence-corrected chi connectivity index (χ2v) is 6.11. The molecule has 1 aromatic rings. The molecule has 20 heavy (non-hydrogen) atoms. The van der Waals surface area contributed by atoms with Gasteiger partial charge in [-0.2, -0.15) is 0 Å². The zero-order valence-corrected chi connectivity index (χ0v) is 11.9. The molecule has 2 amide bonds. The third-order valence-electron chi connectivity index (χ3n) is 3.26. The lowest BCUT2D eigenvalue weighted by atomic mass is 9.95. The van der Waals surface area contributed by atoms with Crippen molar-refractivity contribution in [3.05, 3.63) is 30.1 Å². The number of halogens is 1. The first-order chi connectivity index (χ1) is 9.27. The Morgan fingerprint density at radius 1 is 1.40 bits per heavy atom. The Morgan fingerprint density at radius 3 is 2.70 bits per heavy atom. The van der Waals surface area contributed by atoms with Crippen molar-refractivity contribution in [2.75, 3.05) is 11.4 Å². The summed E-state index contributed by atoms with van der Waals surface area (Å²) in [6.45, 7) is 5.85. The first-order valence-electron chi connectivity index (χ1n) is 6.64. The van der Waals surface area contributed by atoms with E-state index in [0.717, 1.165) is 0 Å². The normalized spacial score (nSPS) is 19.3. The number of carbonyl (C=O) groups is 2. The van der Waals surface area contributed by atoms with Crippen molar-refractivity contribution < 1.29 is 14.0 Å². The molecule has 1 saturated heterocycles. The van der Waals surface area contributed by atoms with Gasteiger partial charge < -0.3 is 10.2 Å².